The number of sulfonamides is 3. The molecule has 0 saturated heterocycles. The number of hydrogen-bond acceptors (Lipinski definition) is 12. The van der Waals surface area contributed by atoms with Crippen molar-refractivity contribution in [1.82, 2.24) is 14.2 Å². The van der Waals surface area contributed by atoms with Crippen molar-refractivity contribution in [2.75, 3.05) is 0 Å². The highest BCUT2D eigenvalue weighted by Gasteiger charge is 2.33. The Bertz CT molecular complexity index is 1760. The van der Waals surface area contributed by atoms with E-state index in [0.29, 0.717) is 0 Å². The Labute approximate surface area is 246 Å². The monoisotopic (exact) mass is 673 g/mol. The highest BCUT2D eigenvalue weighted by atomic mass is 32.2. The van der Waals surface area contributed by atoms with Crippen LogP contribution in [0.2, 0.25) is 0 Å². The Morgan fingerprint density at radius 1 is 0.628 bits per heavy atom. The van der Waals surface area contributed by atoms with Gasteiger partial charge in [-0.05, 0) is 46.8 Å². The van der Waals surface area contributed by atoms with E-state index in [1.807, 2.05) is 14.2 Å². The van der Waals surface area contributed by atoms with E-state index in [-0.39, 0.29) is 31.4 Å². The molecule has 0 spiro atoms. The molecule has 0 fully saturated rings. The van der Waals surface area contributed by atoms with Crippen molar-refractivity contribution in [1.29, 1.82) is 5.53 Å². The predicted molar refractivity (Wildman–Crippen MR) is 146 cm³/mol. The number of rotatable bonds is 0. The maximum atomic E-state index is 11.1. The van der Waals surface area contributed by atoms with Gasteiger partial charge in [-0.25, -0.2) is 39.4 Å². The quantitative estimate of drug-likeness (QED) is 0.0693. The summed E-state index contributed by atoms with van der Waals surface area (Å²) in [6.07, 6.45) is 0. The van der Waals surface area contributed by atoms with E-state index in [0.717, 1.165) is 0 Å². The molecule has 0 bridgehead atoms. The number of hydrogen-bond donors (Lipinski definition) is 5. The van der Waals surface area contributed by atoms with Crippen LogP contribution in [-0.4, -0.2) is 51.7 Å². The lowest BCUT2D eigenvalue weighted by Gasteiger charge is -1.91. The van der Waals surface area contributed by atoms with E-state index in [1.54, 1.807) is 41.3 Å². The van der Waals surface area contributed by atoms with Gasteiger partial charge >= 0.3 is 0 Å². The number of carbonyl (C=O) groups excluding carboxylic acids is 3. The summed E-state index contributed by atoms with van der Waals surface area (Å²) in [5, 5.41) is 4.03. The van der Waals surface area contributed by atoms with Gasteiger partial charge in [0.1, 0.15) is 14.7 Å². The van der Waals surface area contributed by atoms with Crippen LogP contribution in [0, 0.1) is 5.53 Å². The second kappa shape index (κ2) is 14.0. The summed E-state index contributed by atoms with van der Waals surface area (Å²) >= 11 is -2.36. The van der Waals surface area contributed by atoms with Gasteiger partial charge in [-0.15, -0.1) is 5.53 Å². The fourth-order valence-corrected chi connectivity index (χ4v) is 6.88. The van der Waals surface area contributed by atoms with Gasteiger partial charge < -0.3 is 4.55 Å². The number of nitrogens with zero attached hydrogens (tertiary/aromatic N) is 2. The van der Waals surface area contributed by atoms with Crippen molar-refractivity contribution in [2.45, 2.75) is 14.7 Å². The molecule has 43 heavy (non-hydrogen) atoms. The first-order valence-electron chi connectivity index (χ1n) is 10.8. The molecular formula is C21H18N7O11S4-. The maximum absolute atomic E-state index is 11.1. The minimum atomic E-state index is -3.55. The Morgan fingerprint density at radius 2 is 0.814 bits per heavy atom. The maximum Gasteiger partial charge on any atom is 0.266 e. The fourth-order valence-electron chi connectivity index (χ4n) is 3.36. The lowest BCUT2D eigenvalue weighted by Crippen LogP contribution is -2.20. The fraction of sp³-hybridized carbons (Fsp3) is 0. The van der Waals surface area contributed by atoms with Crippen LogP contribution in [-0.2, 0) is 41.3 Å². The van der Waals surface area contributed by atoms with Crippen LogP contribution in [0.3, 0.4) is 0 Å². The number of nitrogens with one attached hydrogen (secondary N) is 4. The van der Waals surface area contributed by atoms with Gasteiger partial charge in [0.05, 0.1) is 16.7 Å². The predicted octanol–water partition coefficient (Wildman–Crippen LogP) is -0.0292. The molecule has 1 unspecified atom stereocenters. The van der Waals surface area contributed by atoms with Crippen molar-refractivity contribution in [2.24, 2.45) is 5.14 Å². The second-order valence-corrected chi connectivity index (χ2v) is 13.1. The van der Waals surface area contributed by atoms with E-state index in [9.17, 15) is 39.6 Å². The molecule has 3 heterocycles. The molecule has 228 valence electrons. The molecule has 3 aromatic carbocycles. The molecule has 0 radical (unpaired) electrons. The molecule has 3 aliphatic rings. The lowest BCUT2D eigenvalue weighted by atomic mass is 10.2. The van der Waals surface area contributed by atoms with Gasteiger partial charge in [0.2, 0.25) is 0 Å². The van der Waals surface area contributed by atoms with E-state index >= 15 is 0 Å². The van der Waals surface area contributed by atoms with Crippen LogP contribution in [0.5, 0.6) is 0 Å². The molecule has 3 amide bonds. The average molecular weight is 674 g/mol. The zero-order valence-electron chi connectivity index (χ0n) is 21.0. The van der Waals surface area contributed by atoms with Gasteiger partial charge in [0.15, 0.2) is 0 Å². The summed E-state index contributed by atoms with van der Waals surface area (Å²) in [6.45, 7) is 0. The van der Waals surface area contributed by atoms with Gasteiger partial charge in [-0.1, -0.05) is 36.4 Å². The van der Waals surface area contributed by atoms with E-state index < -0.39 is 59.1 Å². The van der Waals surface area contributed by atoms with Crippen molar-refractivity contribution in [3.63, 3.8) is 0 Å². The number of amides is 3. The minimum absolute atomic E-state index is 0.0648. The summed E-state index contributed by atoms with van der Waals surface area (Å²) in [5.74, 6) is -1.65. The summed E-state index contributed by atoms with van der Waals surface area (Å²) in [7, 11) is -10.7. The summed E-state index contributed by atoms with van der Waals surface area (Å²) in [5.41, 5.74) is 12.9. The Balaban J connectivity index is 0.000000203. The zero-order chi connectivity index (χ0) is 32.6. The highest BCUT2D eigenvalue weighted by molar-refractivity contribution is 7.91. The summed E-state index contributed by atoms with van der Waals surface area (Å²) < 4.78 is 90.0. The van der Waals surface area contributed by atoms with Crippen LogP contribution in [0.25, 0.3) is 10.4 Å². The molecule has 0 aliphatic carbocycles. The first kappa shape index (κ1) is 34.5. The normalized spacial score (nSPS) is 17.1. The number of carbonyl (C=O) groups is 3. The van der Waals surface area contributed by atoms with Gasteiger partial charge in [0.25, 0.3) is 47.8 Å². The summed E-state index contributed by atoms with van der Waals surface area (Å²) in [6, 6.07) is 18.3. The number of benzene rings is 3. The van der Waals surface area contributed by atoms with Crippen LogP contribution in [0.15, 0.2) is 87.5 Å². The molecule has 3 aromatic rings. The first-order chi connectivity index (χ1) is 20.0. The second-order valence-electron chi connectivity index (χ2n) is 7.65. The van der Waals surface area contributed by atoms with Crippen LogP contribution in [0.4, 0.5) is 0 Å². The van der Waals surface area contributed by atoms with Crippen molar-refractivity contribution >= 4 is 59.1 Å². The third-order valence-corrected chi connectivity index (χ3v) is 9.11. The molecule has 0 aromatic heterocycles. The smallest absolute Gasteiger partial charge is 0.266 e. The largest absolute Gasteiger partial charge is 0.760 e. The number of nitrogens with two attached hydrogens (primary N) is 1. The molecule has 0 saturated carbocycles. The van der Waals surface area contributed by atoms with Crippen LogP contribution in [0.1, 0.15) is 31.1 Å². The highest BCUT2D eigenvalue weighted by Crippen LogP contribution is 2.22. The third kappa shape index (κ3) is 8.65. The number of fused-ring (bicyclic) bond motifs is 3. The third-order valence-electron chi connectivity index (χ3n) is 4.94. The average Bonchev–Trinajstić information content (AvgIpc) is 3.42. The lowest BCUT2D eigenvalue weighted by molar-refractivity contribution is 0.0976. The summed E-state index contributed by atoms with van der Waals surface area (Å²) in [4.78, 5) is 34.9. The molecular weight excluding hydrogens is 656 g/mol. The topological polar surface area (TPSA) is 316 Å². The molecule has 6 rings (SSSR count). The standard InChI is InChI=1S/3C7H5NO3S.HN3.H3NO2S/c3*9-7-5-3-1-2-4-6(5)12(10,11)8-7;1-3-2;1-4(2)3/h3*1-4H,(H,8,9);1H;1H2,(H,2,3)/p-1/i7+1;;;;. The minimum Gasteiger partial charge on any atom is -0.760 e. The Morgan fingerprint density at radius 3 is 1.00 bits per heavy atom. The zero-order valence-corrected chi connectivity index (χ0v) is 24.3. The first-order valence-corrected chi connectivity index (χ1v) is 16.4. The van der Waals surface area contributed by atoms with Crippen LogP contribution >= 0.6 is 0 Å². The molecule has 18 nitrogen and oxygen atoms in total. The Hall–Kier alpha value is -4.70. The molecule has 3 aliphatic heterocycles. The van der Waals surface area contributed by atoms with Gasteiger partial charge in [-0.2, -0.15) is 0 Å². The van der Waals surface area contributed by atoms with Crippen molar-refractivity contribution in [3.8, 4) is 0 Å². The molecule has 1 atom stereocenters. The van der Waals surface area contributed by atoms with E-state index in [2.05, 4.69) is 5.14 Å². The SMILES string of the molecule is NS(=O)[O-].O=C1NS(=O)(=O)c2ccccc21.O=C1NS(=O)(=O)c2ccccc21.O=[13C]1NS(=O)(=O)c2ccccc21.[N-]=[N+]=N. The van der Waals surface area contributed by atoms with Crippen molar-refractivity contribution < 1.29 is 48.4 Å². The van der Waals surface area contributed by atoms with E-state index in [1.165, 1.54) is 36.4 Å². The van der Waals surface area contributed by atoms with Crippen molar-refractivity contribution in [3.05, 3.63) is 99.9 Å². The van der Waals surface area contributed by atoms with Gasteiger partial charge in [0, 0.05) is 11.3 Å². The molecule has 6 N–H and O–H groups in total. The van der Waals surface area contributed by atoms with Gasteiger partial charge in [-0.3, -0.25) is 23.7 Å². The molecule has 22 heteroatoms. The Kier molecular flexibility index (Phi) is 11.2. The van der Waals surface area contributed by atoms with Crippen LogP contribution < -0.4 is 19.3 Å². The van der Waals surface area contributed by atoms with E-state index in [4.69, 9.17) is 19.8 Å².